The summed E-state index contributed by atoms with van der Waals surface area (Å²) < 4.78 is 5.46. The summed E-state index contributed by atoms with van der Waals surface area (Å²) in [4.78, 5) is 23.9. The topological polar surface area (TPSA) is 93.5 Å². The van der Waals surface area contributed by atoms with Gasteiger partial charge in [-0.1, -0.05) is 26.7 Å². The van der Waals surface area contributed by atoms with E-state index in [2.05, 4.69) is 24.5 Å². The second-order valence-corrected chi connectivity index (χ2v) is 7.90. The molecule has 0 saturated carbocycles. The average Bonchev–Trinajstić information content (AvgIpc) is 2.83. The van der Waals surface area contributed by atoms with Crippen molar-refractivity contribution >= 4 is 11.9 Å². The van der Waals surface area contributed by atoms with E-state index in [9.17, 15) is 9.59 Å². The fraction of sp³-hybridized carbons (Fsp3) is 0.889. The molecule has 0 aliphatic carbocycles. The summed E-state index contributed by atoms with van der Waals surface area (Å²) in [6, 6.07) is -0.794. The molecule has 1 aliphatic heterocycles. The van der Waals surface area contributed by atoms with Crippen LogP contribution in [0.4, 0.5) is 0 Å². The number of ether oxygens (including phenoxy) is 1. The molecule has 0 aromatic carbocycles. The van der Waals surface area contributed by atoms with E-state index in [0.717, 1.165) is 19.3 Å². The highest BCUT2D eigenvalue weighted by atomic mass is 16.6. The summed E-state index contributed by atoms with van der Waals surface area (Å²) in [5.74, 6) is 0.182. The zero-order valence-electron chi connectivity index (χ0n) is 16.0. The van der Waals surface area contributed by atoms with Crippen LogP contribution in [-0.4, -0.2) is 41.6 Å². The predicted octanol–water partition coefficient (Wildman–Crippen LogP) is 1.72. The minimum atomic E-state index is -0.520. The van der Waals surface area contributed by atoms with Gasteiger partial charge in [-0.2, -0.15) is 0 Å². The Labute approximate surface area is 146 Å². The highest BCUT2D eigenvalue weighted by molar-refractivity contribution is 5.77. The molecule has 4 atom stereocenters. The Morgan fingerprint density at radius 3 is 2.33 bits per heavy atom. The molecule has 6 heteroatoms. The summed E-state index contributed by atoms with van der Waals surface area (Å²) in [5, 5.41) is 6.33. The lowest BCUT2D eigenvalue weighted by Crippen LogP contribution is -2.55. The van der Waals surface area contributed by atoms with Crippen LogP contribution in [0.3, 0.4) is 0 Å². The van der Waals surface area contributed by atoms with Crippen LogP contribution in [0.5, 0.6) is 0 Å². The summed E-state index contributed by atoms with van der Waals surface area (Å²) >= 11 is 0. The summed E-state index contributed by atoms with van der Waals surface area (Å²) in [5.41, 5.74) is 5.76. The molecule has 1 fully saturated rings. The number of nitrogens with two attached hydrogens (primary N) is 1. The Hall–Kier alpha value is -1.14. The molecule has 1 rings (SSSR count). The van der Waals surface area contributed by atoms with E-state index >= 15 is 0 Å². The van der Waals surface area contributed by atoms with Crippen LogP contribution in [0.1, 0.15) is 67.2 Å². The van der Waals surface area contributed by atoms with Gasteiger partial charge in [0.05, 0.1) is 0 Å². The van der Waals surface area contributed by atoms with Crippen molar-refractivity contribution < 1.29 is 14.3 Å². The number of amides is 1. The van der Waals surface area contributed by atoms with Gasteiger partial charge < -0.3 is 15.8 Å². The molecule has 0 bridgehead atoms. The zero-order valence-corrected chi connectivity index (χ0v) is 16.0. The van der Waals surface area contributed by atoms with Crippen molar-refractivity contribution in [1.29, 1.82) is 0 Å². The molecule has 0 radical (unpaired) electrons. The maximum absolute atomic E-state index is 12.3. The highest BCUT2D eigenvalue weighted by Gasteiger charge is 2.41. The molecule has 0 spiro atoms. The number of carbonyl (C=O) groups is 2. The first-order valence-corrected chi connectivity index (χ1v) is 9.08. The van der Waals surface area contributed by atoms with Gasteiger partial charge in [0.2, 0.25) is 5.91 Å². The Morgan fingerprint density at radius 2 is 1.88 bits per heavy atom. The van der Waals surface area contributed by atoms with Crippen molar-refractivity contribution in [2.24, 2.45) is 11.7 Å². The van der Waals surface area contributed by atoms with Gasteiger partial charge in [-0.15, -0.1) is 0 Å². The third-order valence-corrected chi connectivity index (χ3v) is 4.62. The fourth-order valence-corrected chi connectivity index (χ4v) is 3.33. The molecule has 0 aromatic rings. The number of hydrogen-bond donors (Lipinski definition) is 3. The lowest BCUT2D eigenvalue weighted by Gasteiger charge is -2.30. The van der Waals surface area contributed by atoms with E-state index in [0.29, 0.717) is 12.3 Å². The molecule has 1 aliphatic rings. The van der Waals surface area contributed by atoms with E-state index in [1.54, 1.807) is 0 Å². The van der Waals surface area contributed by atoms with Gasteiger partial charge in [0.1, 0.15) is 11.6 Å². The Morgan fingerprint density at radius 1 is 1.29 bits per heavy atom. The average molecular weight is 341 g/mol. The maximum atomic E-state index is 12.3. The van der Waals surface area contributed by atoms with Crippen LogP contribution < -0.4 is 16.4 Å². The summed E-state index contributed by atoms with van der Waals surface area (Å²) in [6.45, 7) is 11.4. The smallest absolute Gasteiger partial charge is 0.323 e. The Balaban J connectivity index is 2.79. The van der Waals surface area contributed by atoms with Crippen LogP contribution in [-0.2, 0) is 14.3 Å². The number of carbonyl (C=O) groups excluding carboxylic acids is 2. The van der Waals surface area contributed by atoms with Crippen molar-refractivity contribution in [3.05, 3.63) is 0 Å². The van der Waals surface area contributed by atoms with Gasteiger partial charge in [-0.3, -0.25) is 14.9 Å². The Bertz CT molecular complexity index is 430. The van der Waals surface area contributed by atoms with Crippen LogP contribution in [0.15, 0.2) is 0 Å². The van der Waals surface area contributed by atoms with Gasteiger partial charge in [0, 0.05) is 25.0 Å². The molecule has 4 N–H and O–H groups in total. The van der Waals surface area contributed by atoms with Crippen LogP contribution in [0.2, 0.25) is 0 Å². The zero-order chi connectivity index (χ0) is 18.5. The van der Waals surface area contributed by atoms with E-state index in [-0.39, 0.29) is 30.0 Å². The molecule has 6 nitrogen and oxygen atoms in total. The summed E-state index contributed by atoms with van der Waals surface area (Å²) in [6.07, 6.45) is 3.51. The van der Waals surface area contributed by atoms with Gasteiger partial charge >= 0.3 is 5.97 Å². The minimum Gasteiger partial charge on any atom is -0.459 e. The number of esters is 1. The molecule has 1 heterocycles. The van der Waals surface area contributed by atoms with E-state index in [1.807, 2.05) is 20.8 Å². The van der Waals surface area contributed by atoms with Gasteiger partial charge in [-0.25, -0.2) is 0 Å². The van der Waals surface area contributed by atoms with E-state index in [1.165, 1.54) is 6.92 Å². The van der Waals surface area contributed by atoms with Crippen molar-refractivity contribution in [2.75, 3.05) is 0 Å². The van der Waals surface area contributed by atoms with E-state index in [4.69, 9.17) is 10.5 Å². The second kappa shape index (κ2) is 8.81. The van der Waals surface area contributed by atoms with Gasteiger partial charge in [0.25, 0.3) is 0 Å². The maximum Gasteiger partial charge on any atom is 0.323 e. The molecule has 1 amide bonds. The quantitative estimate of drug-likeness (QED) is 0.613. The van der Waals surface area contributed by atoms with Gasteiger partial charge in [-0.05, 0) is 39.5 Å². The first-order chi connectivity index (χ1) is 11.1. The third-order valence-electron chi connectivity index (χ3n) is 4.62. The molecule has 4 unspecified atom stereocenters. The van der Waals surface area contributed by atoms with Crippen LogP contribution in [0, 0.1) is 5.92 Å². The standard InChI is InChI=1S/C18H35N3O3/c1-7-12(8-2)9-14(20-11(3)22)16-13(19)10-15(21-16)17(23)24-18(4,5)6/h12-16,21H,7-10,19H2,1-6H3,(H,20,22). The van der Waals surface area contributed by atoms with Crippen molar-refractivity contribution in [3.63, 3.8) is 0 Å². The number of rotatable bonds is 7. The number of hydrogen-bond acceptors (Lipinski definition) is 5. The first kappa shape index (κ1) is 20.9. The normalized spacial score (nSPS) is 25.6. The van der Waals surface area contributed by atoms with Crippen molar-refractivity contribution in [1.82, 2.24) is 10.6 Å². The van der Waals surface area contributed by atoms with Crippen molar-refractivity contribution in [3.8, 4) is 0 Å². The lowest BCUT2D eigenvalue weighted by molar-refractivity contribution is -0.157. The largest absolute Gasteiger partial charge is 0.459 e. The van der Waals surface area contributed by atoms with Crippen LogP contribution in [0.25, 0.3) is 0 Å². The van der Waals surface area contributed by atoms with E-state index < -0.39 is 11.6 Å². The van der Waals surface area contributed by atoms with Gasteiger partial charge in [0.15, 0.2) is 0 Å². The molecule has 140 valence electrons. The predicted molar refractivity (Wildman–Crippen MR) is 95.4 cm³/mol. The third kappa shape index (κ3) is 6.40. The van der Waals surface area contributed by atoms with Crippen molar-refractivity contribution in [2.45, 2.75) is 97.0 Å². The lowest BCUT2D eigenvalue weighted by atomic mass is 9.89. The SMILES string of the molecule is CCC(CC)CC(NC(C)=O)C1NC(C(=O)OC(C)(C)C)CC1N. The molecular formula is C18H35N3O3. The molecular weight excluding hydrogens is 306 g/mol. The highest BCUT2D eigenvalue weighted by Crippen LogP contribution is 2.23. The molecule has 24 heavy (non-hydrogen) atoms. The van der Waals surface area contributed by atoms with Crippen LogP contribution >= 0.6 is 0 Å². The Kier molecular flexibility index (Phi) is 7.67. The summed E-state index contributed by atoms with van der Waals surface area (Å²) in [7, 11) is 0. The first-order valence-electron chi connectivity index (χ1n) is 9.08. The fourth-order valence-electron chi connectivity index (χ4n) is 3.33. The molecule has 1 saturated heterocycles. The second-order valence-electron chi connectivity index (χ2n) is 7.90. The molecule has 0 aromatic heterocycles. The monoisotopic (exact) mass is 341 g/mol. The number of nitrogens with one attached hydrogen (secondary N) is 2. The minimum absolute atomic E-state index is 0.0688.